The summed E-state index contributed by atoms with van der Waals surface area (Å²) in [5.41, 5.74) is 1.37. The fourth-order valence-corrected chi connectivity index (χ4v) is 2.15. The van der Waals surface area contributed by atoms with Crippen LogP contribution in [0.25, 0.3) is 0 Å². The molecule has 120 valence electrons. The Balaban J connectivity index is 2.03. The van der Waals surface area contributed by atoms with Crippen LogP contribution < -0.4 is 10.1 Å². The van der Waals surface area contributed by atoms with Crippen molar-refractivity contribution < 1.29 is 9.47 Å². The molecule has 1 N–H and O–H groups in total. The lowest BCUT2D eigenvalue weighted by Crippen LogP contribution is -2.28. The van der Waals surface area contributed by atoms with Gasteiger partial charge in [0.2, 0.25) is 0 Å². The van der Waals surface area contributed by atoms with E-state index in [4.69, 9.17) is 9.47 Å². The predicted octanol–water partition coefficient (Wildman–Crippen LogP) is 3.81. The van der Waals surface area contributed by atoms with Crippen molar-refractivity contribution in [1.29, 1.82) is 0 Å². The van der Waals surface area contributed by atoms with Crippen molar-refractivity contribution in [3.63, 3.8) is 0 Å². The molecule has 1 rings (SSSR count). The molecule has 0 saturated heterocycles. The Kier molecular flexibility index (Phi) is 9.92. The fourth-order valence-electron chi connectivity index (χ4n) is 2.15. The molecule has 0 heterocycles. The van der Waals surface area contributed by atoms with Crippen LogP contribution >= 0.6 is 0 Å². The average molecular weight is 293 g/mol. The van der Waals surface area contributed by atoms with Crippen LogP contribution in [0.1, 0.15) is 45.1 Å². The summed E-state index contributed by atoms with van der Waals surface area (Å²) in [6, 6.07) is 8.89. The molecule has 0 aliphatic heterocycles. The zero-order valence-electron chi connectivity index (χ0n) is 13.9. The lowest BCUT2D eigenvalue weighted by atomic mass is 10.1. The standard InChI is InChI=1S/C18H31NO2/c1-4-5-14-21-15-6-13-19-16(2)7-8-17-9-11-18(20-3)12-10-17/h9-12,16,19H,4-8,13-15H2,1-3H3. The van der Waals surface area contributed by atoms with Crippen molar-refractivity contribution in [3.8, 4) is 5.75 Å². The van der Waals surface area contributed by atoms with E-state index in [0.717, 1.165) is 44.8 Å². The van der Waals surface area contributed by atoms with E-state index in [1.165, 1.54) is 18.4 Å². The third-order valence-electron chi connectivity index (χ3n) is 3.63. The second-order valence-electron chi connectivity index (χ2n) is 5.56. The number of hydrogen-bond donors (Lipinski definition) is 1. The van der Waals surface area contributed by atoms with Crippen molar-refractivity contribution in [2.45, 2.75) is 52.0 Å². The molecule has 3 nitrogen and oxygen atoms in total. The van der Waals surface area contributed by atoms with Gasteiger partial charge in [0.1, 0.15) is 5.75 Å². The van der Waals surface area contributed by atoms with Gasteiger partial charge in [-0.1, -0.05) is 25.5 Å². The molecular formula is C18H31NO2. The molecule has 1 unspecified atom stereocenters. The summed E-state index contributed by atoms with van der Waals surface area (Å²) in [5.74, 6) is 0.924. The number of methoxy groups -OCH3 is 1. The monoisotopic (exact) mass is 293 g/mol. The number of ether oxygens (including phenoxy) is 2. The Morgan fingerprint density at radius 3 is 2.48 bits per heavy atom. The SMILES string of the molecule is CCCCOCCCNC(C)CCc1ccc(OC)cc1. The second-order valence-corrected chi connectivity index (χ2v) is 5.56. The zero-order chi connectivity index (χ0) is 15.3. The molecule has 0 amide bonds. The molecule has 0 aliphatic carbocycles. The van der Waals surface area contributed by atoms with Crippen LogP contribution in [0.5, 0.6) is 5.75 Å². The molecule has 0 saturated carbocycles. The molecule has 3 heteroatoms. The van der Waals surface area contributed by atoms with Gasteiger partial charge in [-0.3, -0.25) is 0 Å². The Hall–Kier alpha value is -1.06. The third kappa shape index (κ3) is 8.74. The highest BCUT2D eigenvalue weighted by atomic mass is 16.5. The Morgan fingerprint density at radius 1 is 1.10 bits per heavy atom. The van der Waals surface area contributed by atoms with Crippen LogP contribution in [0.4, 0.5) is 0 Å². The summed E-state index contributed by atoms with van der Waals surface area (Å²) >= 11 is 0. The van der Waals surface area contributed by atoms with E-state index in [1.807, 2.05) is 12.1 Å². The number of benzene rings is 1. The molecule has 0 fully saturated rings. The molecule has 0 aromatic heterocycles. The van der Waals surface area contributed by atoms with E-state index in [9.17, 15) is 0 Å². The molecule has 0 bridgehead atoms. The predicted molar refractivity (Wildman–Crippen MR) is 89.1 cm³/mol. The maximum atomic E-state index is 5.56. The largest absolute Gasteiger partial charge is 0.497 e. The number of nitrogens with one attached hydrogen (secondary N) is 1. The van der Waals surface area contributed by atoms with E-state index in [2.05, 4.69) is 31.3 Å². The molecule has 21 heavy (non-hydrogen) atoms. The van der Waals surface area contributed by atoms with Gasteiger partial charge in [-0.05, 0) is 56.8 Å². The number of unbranched alkanes of at least 4 members (excludes halogenated alkanes) is 1. The van der Waals surface area contributed by atoms with Crippen LogP contribution in [-0.2, 0) is 11.2 Å². The molecule has 0 spiro atoms. The summed E-state index contributed by atoms with van der Waals surface area (Å²) in [6.07, 6.45) is 5.73. The van der Waals surface area contributed by atoms with E-state index in [0.29, 0.717) is 6.04 Å². The first kappa shape index (κ1) is 18.0. The van der Waals surface area contributed by atoms with Gasteiger partial charge in [0.05, 0.1) is 7.11 Å². The molecule has 1 aromatic carbocycles. The smallest absolute Gasteiger partial charge is 0.118 e. The number of aryl methyl sites for hydroxylation is 1. The van der Waals surface area contributed by atoms with Gasteiger partial charge in [0.25, 0.3) is 0 Å². The van der Waals surface area contributed by atoms with Gasteiger partial charge in [0.15, 0.2) is 0 Å². The van der Waals surface area contributed by atoms with Gasteiger partial charge >= 0.3 is 0 Å². The van der Waals surface area contributed by atoms with Crippen LogP contribution in [-0.4, -0.2) is 32.9 Å². The maximum absolute atomic E-state index is 5.56. The summed E-state index contributed by atoms with van der Waals surface area (Å²) in [5, 5.41) is 3.56. The highest BCUT2D eigenvalue weighted by molar-refractivity contribution is 5.27. The molecule has 0 aliphatic rings. The van der Waals surface area contributed by atoms with E-state index >= 15 is 0 Å². The van der Waals surface area contributed by atoms with Crippen molar-refractivity contribution >= 4 is 0 Å². The minimum atomic E-state index is 0.544. The van der Waals surface area contributed by atoms with Crippen LogP contribution in [0.15, 0.2) is 24.3 Å². The van der Waals surface area contributed by atoms with Gasteiger partial charge in [0, 0.05) is 19.3 Å². The van der Waals surface area contributed by atoms with E-state index in [-0.39, 0.29) is 0 Å². The van der Waals surface area contributed by atoms with E-state index in [1.54, 1.807) is 7.11 Å². The first-order valence-electron chi connectivity index (χ1n) is 8.20. The molecular weight excluding hydrogens is 262 g/mol. The summed E-state index contributed by atoms with van der Waals surface area (Å²) in [6.45, 7) is 7.26. The first-order valence-corrected chi connectivity index (χ1v) is 8.20. The van der Waals surface area contributed by atoms with Crippen LogP contribution in [0.3, 0.4) is 0 Å². The lowest BCUT2D eigenvalue weighted by molar-refractivity contribution is 0.128. The summed E-state index contributed by atoms with van der Waals surface area (Å²) < 4.78 is 10.7. The minimum Gasteiger partial charge on any atom is -0.497 e. The summed E-state index contributed by atoms with van der Waals surface area (Å²) in [7, 11) is 1.70. The first-order chi connectivity index (χ1) is 10.3. The van der Waals surface area contributed by atoms with Gasteiger partial charge in [-0.25, -0.2) is 0 Å². The van der Waals surface area contributed by atoms with Crippen molar-refractivity contribution in [1.82, 2.24) is 5.32 Å². The normalized spacial score (nSPS) is 12.3. The second kappa shape index (κ2) is 11.6. The number of rotatable bonds is 12. The Morgan fingerprint density at radius 2 is 1.81 bits per heavy atom. The molecule has 1 aromatic rings. The fraction of sp³-hybridized carbons (Fsp3) is 0.667. The van der Waals surface area contributed by atoms with Crippen LogP contribution in [0, 0.1) is 0 Å². The Bertz CT molecular complexity index is 351. The topological polar surface area (TPSA) is 30.5 Å². The summed E-state index contributed by atoms with van der Waals surface area (Å²) in [4.78, 5) is 0. The van der Waals surface area contributed by atoms with Crippen LogP contribution in [0.2, 0.25) is 0 Å². The Labute approximate surface area is 130 Å². The quantitative estimate of drug-likeness (QED) is 0.594. The molecule has 0 radical (unpaired) electrons. The zero-order valence-corrected chi connectivity index (χ0v) is 13.9. The lowest BCUT2D eigenvalue weighted by Gasteiger charge is -2.14. The van der Waals surface area contributed by atoms with Crippen molar-refractivity contribution in [2.75, 3.05) is 26.9 Å². The maximum Gasteiger partial charge on any atom is 0.118 e. The van der Waals surface area contributed by atoms with Crippen molar-refractivity contribution in [2.24, 2.45) is 0 Å². The number of hydrogen-bond acceptors (Lipinski definition) is 3. The van der Waals surface area contributed by atoms with Crippen molar-refractivity contribution in [3.05, 3.63) is 29.8 Å². The highest BCUT2D eigenvalue weighted by Gasteiger charge is 2.02. The highest BCUT2D eigenvalue weighted by Crippen LogP contribution is 2.13. The minimum absolute atomic E-state index is 0.544. The molecule has 1 atom stereocenters. The third-order valence-corrected chi connectivity index (χ3v) is 3.63. The average Bonchev–Trinajstić information content (AvgIpc) is 2.52. The van der Waals surface area contributed by atoms with Gasteiger partial charge in [-0.2, -0.15) is 0 Å². The van der Waals surface area contributed by atoms with Gasteiger partial charge in [-0.15, -0.1) is 0 Å². The van der Waals surface area contributed by atoms with E-state index < -0.39 is 0 Å². The van der Waals surface area contributed by atoms with Gasteiger partial charge < -0.3 is 14.8 Å².